The van der Waals surface area contributed by atoms with Gasteiger partial charge in [0, 0.05) is 30.3 Å². The highest BCUT2D eigenvalue weighted by molar-refractivity contribution is 5.88. The maximum atomic E-state index is 14.3. The third-order valence-corrected chi connectivity index (χ3v) is 6.53. The SMILES string of the molecule is C[C@@H]1CC2=C(c3nn(C[C@H]4COCCO4)cc31)C(C(F)(F)F)C(C(=O)NC[C@@H]1COCCO1)O2. The molecule has 0 aromatic carbocycles. The molecule has 1 amide bonds. The number of alkyl halides is 3. The van der Waals surface area contributed by atoms with Gasteiger partial charge in [0.25, 0.3) is 5.91 Å². The van der Waals surface area contributed by atoms with Crippen LogP contribution in [0.2, 0.25) is 0 Å². The van der Waals surface area contributed by atoms with Gasteiger partial charge in [-0.1, -0.05) is 6.92 Å². The van der Waals surface area contributed by atoms with Crippen LogP contribution in [0.1, 0.15) is 30.5 Å². The zero-order valence-electron chi connectivity index (χ0n) is 18.8. The second-order valence-corrected chi connectivity index (χ2v) is 9.04. The van der Waals surface area contributed by atoms with Crippen molar-refractivity contribution in [2.45, 2.75) is 50.3 Å². The Morgan fingerprint density at radius 1 is 1.15 bits per heavy atom. The number of rotatable bonds is 5. The van der Waals surface area contributed by atoms with Crippen molar-refractivity contribution in [1.29, 1.82) is 0 Å². The Labute approximate surface area is 194 Å². The summed E-state index contributed by atoms with van der Waals surface area (Å²) < 4.78 is 72.0. The number of nitrogens with zero attached hydrogens (tertiary/aromatic N) is 2. The number of hydrogen-bond acceptors (Lipinski definition) is 7. The molecule has 0 bridgehead atoms. The van der Waals surface area contributed by atoms with Crippen LogP contribution in [0.4, 0.5) is 13.2 Å². The van der Waals surface area contributed by atoms with Crippen LogP contribution in [0.15, 0.2) is 12.0 Å². The van der Waals surface area contributed by atoms with Crippen molar-refractivity contribution < 1.29 is 41.7 Å². The Balaban J connectivity index is 1.37. The van der Waals surface area contributed by atoms with Crippen LogP contribution in [-0.2, 0) is 35.0 Å². The first kappa shape index (κ1) is 23.6. The Morgan fingerprint density at radius 3 is 2.50 bits per heavy atom. The van der Waals surface area contributed by atoms with Crippen molar-refractivity contribution >= 4 is 11.5 Å². The van der Waals surface area contributed by atoms with E-state index in [1.165, 1.54) is 0 Å². The van der Waals surface area contributed by atoms with Crippen LogP contribution in [-0.4, -0.2) is 86.4 Å². The highest BCUT2D eigenvalue weighted by atomic mass is 19.4. The van der Waals surface area contributed by atoms with E-state index in [1.54, 1.807) is 10.9 Å². The molecule has 9 nitrogen and oxygen atoms in total. The minimum absolute atomic E-state index is 0.0439. The van der Waals surface area contributed by atoms with E-state index in [0.29, 0.717) is 45.1 Å². The summed E-state index contributed by atoms with van der Waals surface area (Å²) in [5.74, 6) is -2.85. The molecule has 0 radical (unpaired) electrons. The number of ether oxygens (including phenoxy) is 5. The minimum atomic E-state index is -4.69. The second kappa shape index (κ2) is 9.48. The number of carbonyl (C=O) groups excluding carboxylic acids is 1. The van der Waals surface area contributed by atoms with Gasteiger partial charge in [-0.15, -0.1) is 0 Å². The molecule has 1 N–H and O–H groups in total. The summed E-state index contributed by atoms with van der Waals surface area (Å²) in [5, 5.41) is 7.04. The van der Waals surface area contributed by atoms with Gasteiger partial charge in [-0.25, -0.2) is 0 Å². The number of amides is 1. The maximum Gasteiger partial charge on any atom is 0.400 e. The number of aromatic nitrogens is 2. The minimum Gasteiger partial charge on any atom is -0.484 e. The molecule has 4 heterocycles. The Bertz CT molecular complexity index is 937. The van der Waals surface area contributed by atoms with Crippen LogP contribution in [0.3, 0.4) is 0 Å². The largest absolute Gasteiger partial charge is 0.484 e. The molecule has 12 heteroatoms. The van der Waals surface area contributed by atoms with Crippen LogP contribution in [0.5, 0.6) is 0 Å². The molecule has 0 saturated carbocycles. The fourth-order valence-corrected chi connectivity index (χ4v) is 4.90. The molecule has 0 spiro atoms. The quantitative estimate of drug-likeness (QED) is 0.675. The van der Waals surface area contributed by atoms with Crippen molar-refractivity contribution in [3.05, 3.63) is 23.2 Å². The van der Waals surface area contributed by atoms with Gasteiger partial charge in [-0.3, -0.25) is 9.48 Å². The van der Waals surface area contributed by atoms with Crippen LogP contribution >= 0.6 is 0 Å². The summed E-state index contributed by atoms with van der Waals surface area (Å²) in [6.07, 6.45) is -4.99. The van der Waals surface area contributed by atoms with E-state index in [0.717, 1.165) is 0 Å². The number of carbonyl (C=O) groups is 1. The summed E-state index contributed by atoms with van der Waals surface area (Å²) in [6, 6.07) is 0. The van der Waals surface area contributed by atoms with Crippen LogP contribution in [0, 0.1) is 5.92 Å². The normalized spacial score (nSPS) is 31.6. The lowest BCUT2D eigenvalue weighted by Gasteiger charge is -2.26. The van der Waals surface area contributed by atoms with Gasteiger partial charge in [0.15, 0.2) is 6.10 Å². The van der Waals surface area contributed by atoms with Crippen LogP contribution < -0.4 is 5.32 Å². The average Bonchev–Trinajstić information content (AvgIpc) is 3.41. The van der Waals surface area contributed by atoms with Crippen molar-refractivity contribution in [2.24, 2.45) is 5.92 Å². The zero-order valence-corrected chi connectivity index (χ0v) is 18.8. The van der Waals surface area contributed by atoms with Gasteiger partial charge in [0.2, 0.25) is 0 Å². The Hall–Kier alpha value is -2.15. The summed E-state index contributed by atoms with van der Waals surface area (Å²) in [7, 11) is 0. The zero-order chi connectivity index (χ0) is 23.9. The number of fused-ring (bicyclic) bond motifs is 2. The van der Waals surface area contributed by atoms with Crippen molar-refractivity contribution in [2.75, 3.05) is 46.2 Å². The topological polar surface area (TPSA) is 93.1 Å². The van der Waals surface area contributed by atoms with Gasteiger partial charge in [0.05, 0.1) is 58.0 Å². The molecule has 188 valence electrons. The summed E-state index contributed by atoms with van der Waals surface area (Å²) in [4.78, 5) is 12.8. The van der Waals surface area contributed by atoms with Gasteiger partial charge in [-0.05, 0) is 5.92 Å². The molecular weight excluding hydrogens is 459 g/mol. The first-order chi connectivity index (χ1) is 16.3. The molecule has 3 aliphatic heterocycles. The Kier molecular flexibility index (Phi) is 6.58. The van der Waals surface area contributed by atoms with E-state index >= 15 is 0 Å². The summed E-state index contributed by atoms with van der Waals surface area (Å²) >= 11 is 0. The third-order valence-electron chi connectivity index (χ3n) is 6.53. The number of nitrogens with one attached hydrogen (secondary N) is 1. The molecule has 2 saturated heterocycles. The average molecular weight is 487 g/mol. The number of halogens is 3. The van der Waals surface area contributed by atoms with Crippen molar-refractivity contribution in [3.63, 3.8) is 0 Å². The first-order valence-corrected chi connectivity index (χ1v) is 11.5. The molecule has 4 aliphatic rings. The lowest BCUT2D eigenvalue weighted by atomic mass is 9.82. The monoisotopic (exact) mass is 487 g/mol. The number of allylic oxidation sites excluding steroid dienone is 1. The molecule has 2 unspecified atom stereocenters. The van der Waals surface area contributed by atoms with E-state index in [-0.39, 0.29) is 48.6 Å². The van der Waals surface area contributed by atoms with E-state index in [1.807, 2.05) is 6.92 Å². The molecule has 1 aromatic rings. The molecular formula is C22H28F3N3O6. The van der Waals surface area contributed by atoms with Gasteiger partial charge in [-0.2, -0.15) is 18.3 Å². The standard InChI is InChI=1S/C22H28F3N3O6/c1-12-6-16-17(19-15(12)9-28(27-19)8-14-11-31-3-5-33-14)18(22(23,24)25)20(34-16)21(29)26-7-13-10-30-2-4-32-13/h9,12-14,18,20H,2-8,10-11H2,1H3,(H,26,29)/t12-,13-,14+,18?,20?/m1/s1. The third kappa shape index (κ3) is 4.68. The van der Waals surface area contributed by atoms with Gasteiger partial charge >= 0.3 is 6.18 Å². The van der Waals surface area contributed by atoms with Gasteiger partial charge in [0.1, 0.15) is 17.8 Å². The molecule has 1 aliphatic carbocycles. The lowest BCUT2D eigenvalue weighted by Crippen LogP contribution is -2.47. The van der Waals surface area contributed by atoms with Crippen molar-refractivity contribution in [1.82, 2.24) is 15.1 Å². The lowest BCUT2D eigenvalue weighted by molar-refractivity contribution is -0.182. The number of hydrogen-bond donors (Lipinski definition) is 1. The van der Waals surface area contributed by atoms with Crippen molar-refractivity contribution in [3.8, 4) is 0 Å². The predicted octanol–water partition coefficient (Wildman–Crippen LogP) is 1.63. The fraction of sp³-hybridized carbons (Fsp3) is 0.727. The molecule has 5 rings (SSSR count). The van der Waals surface area contributed by atoms with E-state index < -0.39 is 30.2 Å². The predicted molar refractivity (Wildman–Crippen MR) is 111 cm³/mol. The fourth-order valence-electron chi connectivity index (χ4n) is 4.90. The van der Waals surface area contributed by atoms with Crippen LogP contribution in [0.25, 0.3) is 5.57 Å². The van der Waals surface area contributed by atoms with E-state index in [2.05, 4.69) is 10.4 Å². The molecule has 1 aromatic heterocycles. The highest BCUT2D eigenvalue weighted by Crippen LogP contribution is 2.52. The van der Waals surface area contributed by atoms with E-state index in [9.17, 15) is 18.0 Å². The summed E-state index contributed by atoms with van der Waals surface area (Å²) in [6.45, 7) is 4.83. The van der Waals surface area contributed by atoms with E-state index in [4.69, 9.17) is 23.7 Å². The highest BCUT2D eigenvalue weighted by Gasteiger charge is 2.58. The second-order valence-electron chi connectivity index (χ2n) is 9.04. The molecule has 5 atom stereocenters. The molecule has 2 fully saturated rings. The van der Waals surface area contributed by atoms with Gasteiger partial charge < -0.3 is 29.0 Å². The first-order valence-electron chi connectivity index (χ1n) is 11.5. The Morgan fingerprint density at radius 2 is 1.85 bits per heavy atom. The smallest absolute Gasteiger partial charge is 0.400 e. The summed E-state index contributed by atoms with van der Waals surface area (Å²) in [5.41, 5.74) is 0.909. The maximum absolute atomic E-state index is 14.3. The molecule has 34 heavy (non-hydrogen) atoms.